The minimum absolute atomic E-state index is 0.0945. The second-order valence-electron chi connectivity index (χ2n) is 2.76. The largest absolute Gasteiger partial charge is 0.376 e. The maximum atomic E-state index is 11.7. The molecule has 0 bridgehead atoms. The number of ether oxygens (including phenoxy) is 1. The quantitative estimate of drug-likeness (QED) is 0.804. The van der Waals surface area contributed by atoms with E-state index in [2.05, 4.69) is 0 Å². The molecule has 0 aliphatic carbocycles. The van der Waals surface area contributed by atoms with Crippen LogP contribution in [0, 0.1) is 0 Å². The first-order valence-corrected chi connectivity index (χ1v) is 6.71. The standard InChI is InChI=1S/C9H15NO2S2/c1-2-12-8(6-10)7-14(11)9-4-3-5-13-9/h3-5,8H,2,6-7,10H2,1H3. The molecule has 2 unspecified atom stereocenters. The van der Waals surface area contributed by atoms with Gasteiger partial charge in [-0.3, -0.25) is 4.21 Å². The number of hydrogen-bond acceptors (Lipinski definition) is 4. The van der Waals surface area contributed by atoms with Gasteiger partial charge in [0.15, 0.2) is 0 Å². The van der Waals surface area contributed by atoms with Crippen LogP contribution in [0.5, 0.6) is 0 Å². The van der Waals surface area contributed by atoms with Gasteiger partial charge >= 0.3 is 0 Å². The van der Waals surface area contributed by atoms with Crippen LogP contribution in [0.25, 0.3) is 0 Å². The number of hydrogen-bond donors (Lipinski definition) is 1. The van der Waals surface area contributed by atoms with Gasteiger partial charge in [0.25, 0.3) is 0 Å². The highest BCUT2D eigenvalue weighted by Crippen LogP contribution is 2.14. The molecule has 80 valence electrons. The molecule has 0 saturated heterocycles. The topological polar surface area (TPSA) is 52.3 Å². The zero-order chi connectivity index (χ0) is 10.4. The fraction of sp³-hybridized carbons (Fsp3) is 0.556. The molecule has 3 nitrogen and oxygen atoms in total. The normalized spacial score (nSPS) is 15.3. The summed E-state index contributed by atoms with van der Waals surface area (Å²) in [5.74, 6) is 0.491. The Morgan fingerprint density at radius 1 is 1.71 bits per heavy atom. The van der Waals surface area contributed by atoms with E-state index in [0.717, 1.165) is 4.21 Å². The molecule has 2 atom stereocenters. The van der Waals surface area contributed by atoms with E-state index in [1.807, 2.05) is 24.4 Å². The third-order valence-corrected chi connectivity index (χ3v) is 4.49. The minimum Gasteiger partial charge on any atom is -0.376 e. The first-order chi connectivity index (χ1) is 6.77. The van der Waals surface area contributed by atoms with Gasteiger partial charge in [0, 0.05) is 13.2 Å². The summed E-state index contributed by atoms with van der Waals surface area (Å²) >= 11 is 1.51. The SMILES string of the molecule is CCOC(CN)CS(=O)c1cccs1. The van der Waals surface area contributed by atoms with Crippen LogP contribution in [-0.4, -0.2) is 29.2 Å². The third-order valence-electron chi connectivity index (χ3n) is 1.72. The van der Waals surface area contributed by atoms with Crippen molar-refractivity contribution in [1.82, 2.24) is 0 Å². The summed E-state index contributed by atoms with van der Waals surface area (Å²) in [4.78, 5) is 0. The zero-order valence-corrected chi connectivity index (χ0v) is 9.77. The van der Waals surface area contributed by atoms with Crippen LogP contribution < -0.4 is 5.73 Å². The van der Waals surface area contributed by atoms with E-state index >= 15 is 0 Å². The summed E-state index contributed by atoms with van der Waals surface area (Å²) in [7, 11) is -0.970. The van der Waals surface area contributed by atoms with Crippen LogP contribution in [0.4, 0.5) is 0 Å². The molecule has 5 heteroatoms. The van der Waals surface area contributed by atoms with Gasteiger partial charge in [-0.2, -0.15) is 0 Å². The molecule has 0 aliphatic rings. The molecule has 0 radical (unpaired) electrons. The molecule has 2 N–H and O–H groups in total. The second-order valence-corrected chi connectivity index (χ2v) is 5.43. The molecule has 1 rings (SSSR count). The molecule has 0 saturated carbocycles. The predicted octanol–water partition coefficient (Wildman–Crippen LogP) is 1.22. The van der Waals surface area contributed by atoms with E-state index in [0.29, 0.717) is 18.9 Å². The Morgan fingerprint density at radius 2 is 2.50 bits per heavy atom. The molecular weight excluding hydrogens is 218 g/mol. The van der Waals surface area contributed by atoms with Crippen LogP contribution in [0.15, 0.2) is 21.7 Å². The Bertz CT molecular complexity index is 274. The van der Waals surface area contributed by atoms with Crippen LogP contribution in [0.2, 0.25) is 0 Å². The Kier molecular flexibility index (Phi) is 5.32. The van der Waals surface area contributed by atoms with E-state index in [9.17, 15) is 4.21 Å². The summed E-state index contributed by atoms with van der Waals surface area (Å²) < 4.78 is 18.0. The summed E-state index contributed by atoms with van der Waals surface area (Å²) in [6, 6.07) is 3.77. The first-order valence-electron chi connectivity index (χ1n) is 4.51. The van der Waals surface area contributed by atoms with Gasteiger partial charge in [0.2, 0.25) is 0 Å². The van der Waals surface area contributed by atoms with E-state index < -0.39 is 10.8 Å². The van der Waals surface area contributed by atoms with Crippen molar-refractivity contribution in [2.45, 2.75) is 17.2 Å². The molecular formula is C9H15NO2S2. The third kappa shape index (κ3) is 3.49. The van der Waals surface area contributed by atoms with Gasteiger partial charge in [0.1, 0.15) is 0 Å². The smallest absolute Gasteiger partial charge is 0.0911 e. The van der Waals surface area contributed by atoms with E-state index in [4.69, 9.17) is 10.5 Å². The minimum atomic E-state index is -0.970. The zero-order valence-electron chi connectivity index (χ0n) is 8.14. The van der Waals surface area contributed by atoms with Crippen LogP contribution in [0.3, 0.4) is 0 Å². The number of rotatable bonds is 6. The molecule has 0 amide bonds. The lowest BCUT2D eigenvalue weighted by atomic mass is 10.4. The van der Waals surface area contributed by atoms with Crippen molar-refractivity contribution in [3.05, 3.63) is 17.5 Å². The number of nitrogens with two attached hydrogens (primary N) is 1. The Hall–Kier alpha value is -0.230. The van der Waals surface area contributed by atoms with Crippen LogP contribution in [0.1, 0.15) is 6.92 Å². The fourth-order valence-corrected chi connectivity index (χ4v) is 3.28. The number of thiophene rings is 1. The summed E-state index contributed by atoms with van der Waals surface area (Å²) in [6.45, 7) is 2.95. The Balaban J connectivity index is 2.47. The van der Waals surface area contributed by atoms with Crippen molar-refractivity contribution < 1.29 is 8.95 Å². The molecule has 0 aromatic carbocycles. The highest BCUT2D eigenvalue weighted by Gasteiger charge is 2.13. The van der Waals surface area contributed by atoms with Crippen molar-refractivity contribution >= 4 is 22.1 Å². The molecule has 1 aromatic rings. The van der Waals surface area contributed by atoms with Crippen molar-refractivity contribution in [2.75, 3.05) is 18.9 Å². The lowest BCUT2D eigenvalue weighted by molar-refractivity contribution is 0.0852. The predicted molar refractivity (Wildman–Crippen MR) is 60.1 cm³/mol. The molecule has 1 heterocycles. The molecule has 14 heavy (non-hydrogen) atoms. The maximum absolute atomic E-state index is 11.7. The summed E-state index contributed by atoms with van der Waals surface area (Å²) in [5.41, 5.74) is 5.50. The lowest BCUT2D eigenvalue weighted by Gasteiger charge is -2.13. The molecule has 0 aliphatic heterocycles. The maximum Gasteiger partial charge on any atom is 0.0911 e. The van der Waals surface area contributed by atoms with Crippen molar-refractivity contribution in [2.24, 2.45) is 5.73 Å². The van der Waals surface area contributed by atoms with E-state index in [-0.39, 0.29) is 6.10 Å². The van der Waals surface area contributed by atoms with Crippen molar-refractivity contribution in [1.29, 1.82) is 0 Å². The Labute approximate surface area is 90.7 Å². The first kappa shape index (κ1) is 11.8. The monoisotopic (exact) mass is 233 g/mol. The lowest BCUT2D eigenvalue weighted by Crippen LogP contribution is -2.29. The van der Waals surface area contributed by atoms with Gasteiger partial charge < -0.3 is 10.5 Å². The van der Waals surface area contributed by atoms with Gasteiger partial charge in [0.05, 0.1) is 26.9 Å². The highest BCUT2D eigenvalue weighted by molar-refractivity contribution is 7.87. The van der Waals surface area contributed by atoms with Crippen LogP contribution >= 0.6 is 11.3 Å². The van der Waals surface area contributed by atoms with Gasteiger partial charge in [-0.15, -0.1) is 11.3 Å². The van der Waals surface area contributed by atoms with Gasteiger partial charge in [-0.1, -0.05) is 6.07 Å². The van der Waals surface area contributed by atoms with Crippen LogP contribution in [-0.2, 0) is 15.5 Å². The Morgan fingerprint density at radius 3 is 3.00 bits per heavy atom. The summed E-state index contributed by atoms with van der Waals surface area (Å²) in [5, 5.41) is 1.92. The average Bonchev–Trinajstić information content (AvgIpc) is 2.69. The van der Waals surface area contributed by atoms with E-state index in [1.165, 1.54) is 11.3 Å². The van der Waals surface area contributed by atoms with Crippen molar-refractivity contribution in [3.63, 3.8) is 0 Å². The summed E-state index contributed by atoms with van der Waals surface area (Å²) in [6.07, 6.45) is -0.0945. The fourth-order valence-electron chi connectivity index (χ4n) is 1.06. The molecule has 1 aromatic heterocycles. The molecule has 0 fully saturated rings. The van der Waals surface area contributed by atoms with Gasteiger partial charge in [-0.25, -0.2) is 0 Å². The second kappa shape index (κ2) is 6.29. The average molecular weight is 233 g/mol. The molecule has 0 spiro atoms. The highest BCUT2D eigenvalue weighted by atomic mass is 32.2. The van der Waals surface area contributed by atoms with Gasteiger partial charge in [-0.05, 0) is 18.4 Å². The van der Waals surface area contributed by atoms with Crippen molar-refractivity contribution in [3.8, 4) is 0 Å². The van der Waals surface area contributed by atoms with E-state index in [1.54, 1.807) is 0 Å².